The van der Waals surface area contributed by atoms with Crippen LogP contribution in [0.25, 0.3) is 0 Å². The van der Waals surface area contributed by atoms with Crippen molar-refractivity contribution in [2.45, 2.75) is 39.5 Å². The quantitative estimate of drug-likeness (QED) is 0.668. The van der Waals surface area contributed by atoms with E-state index in [2.05, 4.69) is 16.0 Å². The fraction of sp³-hybridized carbons (Fsp3) is 0.364. The Morgan fingerprint density at radius 3 is 2.83 bits per heavy atom. The minimum absolute atomic E-state index is 0.139. The van der Waals surface area contributed by atoms with E-state index in [1.165, 1.54) is 0 Å². The van der Waals surface area contributed by atoms with Crippen molar-refractivity contribution in [3.63, 3.8) is 0 Å². The summed E-state index contributed by atoms with van der Waals surface area (Å²) in [6.45, 7) is 8.32. The summed E-state index contributed by atoms with van der Waals surface area (Å²) >= 11 is 5.38. The van der Waals surface area contributed by atoms with Gasteiger partial charge in [0.15, 0.2) is 22.3 Å². The maximum atomic E-state index is 13.4. The maximum Gasteiger partial charge on any atom is 0.236 e. The van der Waals surface area contributed by atoms with Crippen molar-refractivity contribution in [1.29, 1.82) is 0 Å². The molecule has 6 nitrogen and oxygen atoms in total. The summed E-state index contributed by atoms with van der Waals surface area (Å²) in [5, 5.41) is 9.95. The van der Waals surface area contributed by atoms with E-state index in [4.69, 9.17) is 21.7 Å². The molecule has 2 aliphatic heterocycles. The predicted octanol–water partition coefficient (Wildman–Crippen LogP) is 3.58. The van der Waals surface area contributed by atoms with Gasteiger partial charge in [-0.05, 0) is 57.6 Å². The average Bonchev–Trinajstić information content (AvgIpc) is 2.64. The Balaban J connectivity index is 1.73. The number of carbonyl (C=O) groups is 1. The number of nitrogens with one attached hydrogen (secondary N) is 3. The zero-order valence-corrected chi connectivity index (χ0v) is 17.8. The predicted molar refractivity (Wildman–Crippen MR) is 116 cm³/mol. The highest BCUT2D eigenvalue weighted by Crippen LogP contribution is 2.49. The number of hydrogen-bond donors (Lipinski definition) is 3. The van der Waals surface area contributed by atoms with E-state index in [-0.39, 0.29) is 11.9 Å². The van der Waals surface area contributed by atoms with Crippen LogP contribution >= 0.6 is 12.2 Å². The van der Waals surface area contributed by atoms with Crippen LogP contribution in [0.15, 0.2) is 36.4 Å². The molecule has 0 radical (unpaired) electrons. The first-order valence-corrected chi connectivity index (χ1v) is 10.1. The molecular formula is C22H25N3O3S. The molecule has 1 amide bonds. The van der Waals surface area contributed by atoms with Gasteiger partial charge in [-0.25, -0.2) is 0 Å². The summed E-state index contributed by atoms with van der Waals surface area (Å²) in [4.78, 5) is 13.4. The van der Waals surface area contributed by atoms with Crippen molar-refractivity contribution in [1.82, 2.24) is 10.6 Å². The van der Waals surface area contributed by atoms with Crippen LogP contribution in [0.5, 0.6) is 11.5 Å². The maximum absolute atomic E-state index is 13.4. The van der Waals surface area contributed by atoms with Crippen LogP contribution in [0, 0.1) is 19.8 Å². The van der Waals surface area contributed by atoms with Gasteiger partial charge in [-0.2, -0.15) is 0 Å². The smallest absolute Gasteiger partial charge is 0.236 e. The van der Waals surface area contributed by atoms with Crippen LogP contribution in [0.2, 0.25) is 0 Å². The van der Waals surface area contributed by atoms with Crippen molar-refractivity contribution in [2.75, 3.05) is 11.9 Å². The Labute approximate surface area is 176 Å². The van der Waals surface area contributed by atoms with Gasteiger partial charge in [-0.15, -0.1) is 0 Å². The van der Waals surface area contributed by atoms with E-state index in [1.54, 1.807) is 0 Å². The van der Waals surface area contributed by atoms with E-state index in [0.717, 1.165) is 22.4 Å². The lowest BCUT2D eigenvalue weighted by Crippen LogP contribution is -2.70. The van der Waals surface area contributed by atoms with Gasteiger partial charge in [0.05, 0.1) is 12.6 Å². The average molecular weight is 412 g/mol. The van der Waals surface area contributed by atoms with Crippen LogP contribution < -0.4 is 25.4 Å². The Morgan fingerprint density at radius 2 is 2.10 bits per heavy atom. The molecule has 2 aromatic rings. The van der Waals surface area contributed by atoms with Crippen molar-refractivity contribution in [3.05, 3.63) is 53.1 Å². The highest BCUT2D eigenvalue weighted by atomic mass is 32.1. The number of anilines is 1. The fourth-order valence-corrected chi connectivity index (χ4v) is 4.49. The Morgan fingerprint density at radius 1 is 1.31 bits per heavy atom. The standard InChI is InChI=1S/C22H25N3O3S/c1-5-27-16-8-6-7-14-18-17(22(4,28-19(14)16)25-21(29)24-18)20(26)23-15-10-9-12(2)11-13(15)3/h6-11,17-18H,5H2,1-4H3,(H,23,26)(H2,24,25,29)/t17-,18-,22-/m1/s1. The summed E-state index contributed by atoms with van der Waals surface area (Å²) < 4.78 is 12.1. The topological polar surface area (TPSA) is 71.6 Å². The number of hydrogen-bond acceptors (Lipinski definition) is 4. The Bertz CT molecular complexity index is 993. The summed E-state index contributed by atoms with van der Waals surface area (Å²) in [5.74, 6) is 0.615. The van der Waals surface area contributed by atoms with Gasteiger partial charge < -0.3 is 25.4 Å². The lowest BCUT2D eigenvalue weighted by molar-refractivity contribution is -0.132. The molecule has 0 aliphatic carbocycles. The molecule has 2 bridgehead atoms. The number of amides is 1. The first kappa shape index (κ1) is 19.5. The van der Waals surface area contributed by atoms with Gasteiger partial charge in [0.2, 0.25) is 5.91 Å². The molecule has 0 aromatic heterocycles. The van der Waals surface area contributed by atoms with Gasteiger partial charge in [-0.3, -0.25) is 4.79 Å². The molecule has 0 saturated carbocycles. The van der Waals surface area contributed by atoms with Crippen molar-refractivity contribution in [2.24, 2.45) is 5.92 Å². The second kappa shape index (κ2) is 7.22. The molecule has 4 rings (SSSR count). The monoisotopic (exact) mass is 411 g/mol. The third-order valence-corrected chi connectivity index (χ3v) is 5.68. The van der Waals surface area contributed by atoms with Gasteiger partial charge in [0.25, 0.3) is 0 Å². The van der Waals surface area contributed by atoms with Gasteiger partial charge >= 0.3 is 0 Å². The lowest BCUT2D eigenvalue weighted by atomic mass is 9.79. The number of benzene rings is 2. The summed E-state index contributed by atoms with van der Waals surface area (Å²) in [5.41, 5.74) is 2.81. The lowest BCUT2D eigenvalue weighted by Gasteiger charge is -2.50. The summed E-state index contributed by atoms with van der Waals surface area (Å²) in [6, 6.07) is 11.3. The molecular weight excluding hydrogens is 386 g/mol. The molecule has 3 atom stereocenters. The first-order chi connectivity index (χ1) is 13.8. The van der Waals surface area contributed by atoms with Crippen molar-refractivity contribution >= 4 is 28.9 Å². The molecule has 29 heavy (non-hydrogen) atoms. The van der Waals surface area contributed by atoms with Crippen LogP contribution in [-0.2, 0) is 4.79 Å². The highest BCUT2D eigenvalue weighted by molar-refractivity contribution is 7.80. The minimum atomic E-state index is -1.00. The Kier molecular flexibility index (Phi) is 4.86. The normalized spacial score (nSPS) is 24.5. The SMILES string of the molecule is CCOc1cccc2c1O[C@@]1(C)NC(=S)N[C@H]2[C@@H]1C(=O)Nc1ccc(C)cc1C. The molecule has 2 aliphatic rings. The van der Waals surface area contributed by atoms with Crippen molar-refractivity contribution in [3.8, 4) is 11.5 Å². The number of thiocarbonyl (C=S) groups is 1. The molecule has 3 N–H and O–H groups in total. The van der Waals surface area contributed by atoms with E-state index in [1.807, 2.05) is 64.1 Å². The third kappa shape index (κ3) is 3.40. The van der Waals surface area contributed by atoms with Crippen LogP contribution in [-0.4, -0.2) is 23.4 Å². The number of ether oxygens (including phenoxy) is 2. The van der Waals surface area contributed by atoms with Crippen LogP contribution in [0.1, 0.15) is 36.6 Å². The number of aryl methyl sites for hydroxylation is 2. The Hall–Kier alpha value is -2.80. The molecule has 152 valence electrons. The number of para-hydroxylation sites is 1. The fourth-order valence-electron chi connectivity index (χ4n) is 4.16. The van der Waals surface area contributed by atoms with Gasteiger partial charge in [0.1, 0.15) is 5.92 Å². The molecule has 0 spiro atoms. The molecule has 7 heteroatoms. The molecule has 1 fully saturated rings. The number of rotatable bonds is 4. The zero-order chi connectivity index (χ0) is 20.8. The second-order valence-corrected chi connectivity index (χ2v) is 8.09. The summed E-state index contributed by atoms with van der Waals surface area (Å²) in [6.07, 6.45) is 0. The number of fused-ring (bicyclic) bond motifs is 4. The highest BCUT2D eigenvalue weighted by Gasteiger charge is 2.55. The van der Waals surface area contributed by atoms with Gasteiger partial charge in [-0.1, -0.05) is 29.8 Å². The largest absolute Gasteiger partial charge is 0.490 e. The van der Waals surface area contributed by atoms with Crippen molar-refractivity contribution < 1.29 is 14.3 Å². The molecule has 2 heterocycles. The zero-order valence-electron chi connectivity index (χ0n) is 17.0. The summed E-state index contributed by atoms with van der Waals surface area (Å²) in [7, 11) is 0. The van der Waals surface area contributed by atoms with Crippen LogP contribution in [0.3, 0.4) is 0 Å². The van der Waals surface area contributed by atoms with Gasteiger partial charge in [0, 0.05) is 11.3 Å². The van der Waals surface area contributed by atoms with E-state index in [9.17, 15) is 4.79 Å². The minimum Gasteiger partial charge on any atom is -0.490 e. The third-order valence-electron chi connectivity index (χ3n) is 5.46. The molecule has 0 unspecified atom stereocenters. The number of carbonyl (C=O) groups excluding carboxylic acids is 1. The first-order valence-electron chi connectivity index (χ1n) is 9.74. The second-order valence-electron chi connectivity index (χ2n) is 7.68. The van der Waals surface area contributed by atoms with Crippen LogP contribution in [0.4, 0.5) is 5.69 Å². The van der Waals surface area contributed by atoms with E-state index < -0.39 is 11.6 Å². The van der Waals surface area contributed by atoms with E-state index in [0.29, 0.717) is 23.2 Å². The van der Waals surface area contributed by atoms with E-state index >= 15 is 0 Å². The molecule has 1 saturated heterocycles. The molecule has 2 aromatic carbocycles.